The lowest BCUT2D eigenvalue weighted by atomic mass is 10.1. The largest absolute Gasteiger partial charge is 0.352 e. The average molecular weight is 445 g/mol. The second-order valence-corrected chi connectivity index (χ2v) is 8.41. The highest BCUT2D eigenvalue weighted by Gasteiger charge is 2.30. The lowest BCUT2D eigenvalue weighted by Crippen LogP contribution is -2.56. The van der Waals surface area contributed by atoms with E-state index in [2.05, 4.69) is 31.2 Å². The van der Waals surface area contributed by atoms with Gasteiger partial charge >= 0.3 is 6.03 Å². The van der Waals surface area contributed by atoms with Gasteiger partial charge in [-0.25, -0.2) is 19.2 Å². The number of piperazine rings is 1. The number of hydrogen-bond acceptors (Lipinski definition) is 5. The summed E-state index contributed by atoms with van der Waals surface area (Å²) in [5, 5.41) is 2.94. The van der Waals surface area contributed by atoms with Gasteiger partial charge in [0, 0.05) is 56.6 Å². The van der Waals surface area contributed by atoms with Crippen LogP contribution in [0.15, 0.2) is 55.1 Å². The number of halogens is 1. The van der Waals surface area contributed by atoms with Crippen molar-refractivity contribution in [1.82, 2.24) is 25.2 Å². The molecule has 5 rings (SSSR count). The van der Waals surface area contributed by atoms with Crippen LogP contribution in [-0.2, 0) is 13.0 Å². The Kier molecular flexibility index (Phi) is 5.73. The van der Waals surface area contributed by atoms with E-state index in [0.717, 1.165) is 34.6 Å². The summed E-state index contributed by atoms with van der Waals surface area (Å²) in [6.45, 7) is 4.38. The van der Waals surface area contributed by atoms with Crippen molar-refractivity contribution < 1.29 is 9.18 Å². The lowest BCUT2D eigenvalue weighted by Gasteiger charge is -2.40. The number of hydrogen-bond donors (Lipinski definition) is 1. The van der Waals surface area contributed by atoms with Gasteiger partial charge in [-0.05, 0) is 54.0 Å². The van der Waals surface area contributed by atoms with Crippen molar-refractivity contribution in [3.8, 4) is 0 Å². The number of urea groups is 1. The number of allylic oxidation sites excluding steroid dienone is 1. The fraction of sp³-hybridized carbons (Fsp3) is 0.280. The number of carbonyl (C=O) groups excluding carboxylic acids is 1. The second kappa shape index (κ2) is 8.97. The fourth-order valence-electron chi connectivity index (χ4n) is 4.45. The van der Waals surface area contributed by atoms with Crippen LogP contribution in [0.4, 0.5) is 15.0 Å². The highest BCUT2D eigenvalue weighted by atomic mass is 19.1. The molecule has 1 fully saturated rings. The first-order chi connectivity index (χ1) is 16.1. The topological polar surface area (TPSA) is 74.2 Å². The maximum Gasteiger partial charge on any atom is 0.318 e. The van der Waals surface area contributed by atoms with Crippen molar-refractivity contribution >= 4 is 23.5 Å². The molecule has 0 radical (unpaired) electrons. The minimum Gasteiger partial charge on any atom is -0.352 e. The third kappa shape index (κ3) is 4.41. The molecule has 1 saturated heterocycles. The molecule has 0 unspecified atom stereocenters. The smallest absolute Gasteiger partial charge is 0.318 e. The summed E-state index contributed by atoms with van der Waals surface area (Å²) in [4.78, 5) is 30.1. The molecule has 3 heterocycles. The van der Waals surface area contributed by atoms with Crippen LogP contribution >= 0.6 is 0 Å². The number of rotatable bonds is 4. The van der Waals surface area contributed by atoms with E-state index in [1.807, 2.05) is 24.0 Å². The van der Waals surface area contributed by atoms with Crippen molar-refractivity contribution in [2.45, 2.75) is 25.9 Å². The minimum atomic E-state index is -0.284. The molecule has 1 aliphatic carbocycles. The number of aromatic nitrogens is 3. The molecule has 1 aliphatic heterocycles. The first-order valence-electron chi connectivity index (χ1n) is 11.1. The normalized spacial score (nSPS) is 17.5. The number of benzene rings is 1. The summed E-state index contributed by atoms with van der Waals surface area (Å²) in [6.07, 6.45) is 8.17. The lowest BCUT2D eigenvalue weighted by molar-refractivity contribution is 0.171. The average Bonchev–Trinajstić information content (AvgIpc) is 3.28. The van der Waals surface area contributed by atoms with Crippen LogP contribution in [0.25, 0.3) is 11.6 Å². The molecule has 1 atom stereocenters. The van der Waals surface area contributed by atoms with Crippen LogP contribution < -0.4 is 10.2 Å². The first-order valence-corrected chi connectivity index (χ1v) is 11.1. The van der Waals surface area contributed by atoms with Gasteiger partial charge < -0.3 is 15.1 Å². The Balaban J connectivity index is 1.26. The Labute approximate surface area is 192 Å². The van der Waals surface area contributed by atoms with Gasteiger partial charge in [0.25, 0.3) is 0 Å². The summed E-state index contributed by atoms with van der Waals surface area (Å²) >= 11 is 0. The molecule has 2 aliphatic rings. The minimum absolute atomic E-state index is 0.0163. The number of nitrogens with zero attached hydrogens (tertiary/aromatic N) is 5. The zero-order valence-electron chi connectivity index (χ0n) is 18.4. The highest BCUT2D eigenvalue weighted by Crippen LogP contribution is 2.35. The zero-order chi connectivity index (χ0) is 22.8. The molecule has 8 heteroatoms. The van der Waals surface area contributed by atoms with Crippen LogP contribution in [0.5, 0.6) is 0 Å². The number of carbonyl (C=O) groups is 1. The van der Waals surface area contributed by atoms with Crippen LogP contribution in [0.2, 0.25) is 0 Å². The Morgan fingerprint density at radius 2 is 1.91 bits per heavy atom. The highest BCUT2D eigenvalue weighted by molar-refractivity contribution is 5.91. The van der Waals surface area contributed by atoms with Crippen molar-refractivity contribution in [2.75, 3.05) is 24.5 Å². The molecule has 1 aromatic carbocycles. The van der Waals surface area contributed by atoms with Crippen LogP contribution in [0, 0.1) is 5.82 Å². The molecule has 33 heavy (non-hydrogen) atoms. The van der Waals surface area contributed by atoms with E-state index in [1.165, 1.54) is 17.7 Å². The third-order valence-corrected chi connectivity index (χ3v) is 6.22. The Hall–Kier alpha value is -3.81. The van der Waals surface area contributed by atoms with Gasteiger partial charge in [-0.15, -0.1) is 0 Å². The van der Waals surface area contributed by atoms with Crippen molar-refractivity contribution in [2.24, 2.45) is 0 Å². The summed E-state index contributed by atoms with van der Waals surface area (Å²) < 4.78 is 13.1. The van der Waals surface area contributed by atoms with E-state index in [0.29, 0.717) is 26.2 Å². The molecule has 0 saturated carbocycles. The third-order valence-electron chi connectivity index (χ3n) is 6.22. The predicted molar refractivity (Wildman–Crippen MR) is 125 cm³/mol. The number of nitrogens with one attached hydrogen (secondary N) is 1. The van der Waals surface area contributed by atoms with Gasteiger partial charge in [-0.2, -0.15) is 0 Å². The van der Waals surface area contributed by atoms with E-state index < -0.39 is 0 Å². The van der Waals surface area contributed by atoms with Crippen LogP contribution in [0.1, 0.15) is 29.3 Å². The second-order valence-electron chi connectivity index (χ2n) is 8.41. The number of anilines is 1. The summed E-state index contributed by atoms with van der Waals surface area (Å²) in [5.41, 5.74) is 5.31. The van der Waals surface area contributed by atoms with Crippen molar-refractivity contribution in [3.63, 3.8) is 0 Å². The molecule has 1 N–H and O–H groups in total. The Bertz CT molecular complexity index is 1180. The monoisotopic (exact) mass is 444 g/mol. The van der Waals surface area contributed by atoms with E-state index in [-0.39, 0.29) is 17.9 Å². The first kappa shape index (κ1) is 21.1. The fourth-order valence-corrected chi connectivity index (χ4v) is 4.45. The quantitative estimate of drug-likeness (QED) is 0.667. The summed E-state index contributed by atoms with van der Waals surface area (Å²) in [6, 6.07) is 10.1. The summed E-state index contributed by atoms with van der Waals surface area (Å²) in [5.74, 6) is 0.635. The SMILES string of the molecule is C[C@@H]1CN(c2ncnc3c2C=C(c2ccncc2)C3)CCN1C(=O)NCc1ccc(F)cc1. The van der Waals surface area contributed by atoms with Crippen LogP contribution in [-0.4, -0.2) is 51.6 Å². The van der Waals surface area contributed by atoms with E-state index in [4.69, 9.17) is 0 Å². The van der Waals surface area contributed by atoms with Gasteiger partial charge in [-0.1, -0.05) is 12.1 Å². The molecular weight excluding hydrogens is 419 g/mol. The van der Waals surface area contributed by atoms with Gasteiger partial charge in [0.2, 0.25) is 0 Å². The maximum absolute atomic E-state index is 13.1. The summed E-state index contributed by atoms with van der Waals surface area (Å²) in [7, 11) is 0. The molecule has 0 bridgehead atoms. The Morgan fingerprint density at radius 3 is 2.67 bits per heavy atom. The van der Waals surface area contributed by atoms with Gasteiger partial charge in [0.1, 0.15) is 18.0 Å². The standard InChI is InChI=1S/C25H25FN6O/c1-17-15-31(10-11-32(17)25(33)28-14-18-2-4-21(26)5-3-18)24-22-12-20(13-23(22)29-16-30-24)19-6-8-27-9-7-19/h2-9,12,16-17H,10-11,13-15H2,1H3,(H,28,33)/t17-/m1/s1. The number of amides is 2. The van der Waals surface area contributed by atoms with Gasteiger partial charge in [0.15, 0.2) is 0 Å². The molecule has 2 amide bonds. The molecule has 0 spiro atoms. The molecule has 7 nitrogen and oxygen atoms in total. The molecule has 2 aromatic heterocycles. The van der Waals surface area contributed by atoms with Crippen LogP contribution in [0.3, 0.4) is 0 Å². The van der Waals surface area contributed by atoms with Gasteiger partial charge in [0.05, 0.1) is 5.69 Å². The molecule has 168 valence electrons. The van der Waals surface area contributed by atoms with Crippen molar-refractivity contribution in [1.29, 1.82) is 0 Å². The number of pyridine rings is 1. The van der Waals surface area contributed by atoms with E-state index >= 15 is 0 Å². The van der Waals surface area contributed by atoms with Crippen molar-refractivity contribution in [3.05, 3.63) is 83.3 Å². The zero-order valence-corrected chi connectivity index (χ0v) is 18.4. The molecular formula is C25H25FN6O. The molecule has 3 aromatic rings. The van der Waals surface area contributed by atoms with E-state index in [9.17, 15) is 9.18 Å². The number of fused-ring (bicyclic) bond motifs is 1. The maximum atomic E-state index is 13.1. The Morgan fingerprint density at radius 1 is 1.12 bits per heavy atom. The predicted octanol–water partition coefficient (Wildman–Crippen LogP) is 3.53. The van der Waals surface area contributed by atoms with E-state index in [1.54, 1.807) is 30.9 Å². The van der Waals surface area contributed by atoms with Gasteiger partial charge in [-0.3, -0.25) is 4.98 Å².